The molecule has 0 aromatic heterocycles. The van der Waals surface area contributed by atoms with Crippen molar-refractivity contribution in [3.05, 3.63) is 29.8 Å². The third-order valence-corrected chi connectivity index (χ3v) is 4.85. The molecule has 0 saturated heterocycles. The van der Waals surface area contributed by atoms with Crippen molar-refractivity contribution < 1.29 is 23.1 Å². The van der Waals surface area contributed by atoms with Gasteiger partial charge in [-0.25, -0.2) is 8.42 Å². The molecule has 1 N–H and O–H groups in total. The minimum absolute atomic E-state index is 0.00319. The summed E-state index contributed by atoms with van der Waals surface area (Å²) in [6.45, 7) is 4.66. The highest BCUT2D eigenvalue weighted by molar-refractivity contribution is 7.92. The van der Waals surface area contributed by atoms with Crippen LogP contribution in [0.2, 0.25) is 0 Å². The van der Waals surface area contributed by atoms with Crippen molar-refractivity contribution in [1.82, 2.24) is 0 Å². The van der Waals surface area contributed by atoms with Crippen LogP contribution >= 0.6 is 0 Å². The maximum Gasteiger partial charge on any atom is 0.324 e. The Labute approximate surface area is 119 Å². The van der Waals surface area contributed by atoms with Gasteiger partial charge >= 0.3 is 5.97 Å². The van der Waals surface area contributed by atoms with Crippen LogP contribution in [0.3, 0.4) is 0 Å². The first-order chi connectivity index (χ1) is 9.28. The summed E-state index contributed by atoms with van der Waals surface area (Å²) in [6, 6.07) is 6.15. The minimum Gasteiger partial charge on any atom is -0.462 e. The Kier molecular flexibility index (Phi) is 5.71. The topological polar surface area (TPSA) is 80.7 Å². The van der Waals surface area contributed by atoms with Crippen molar-refractivity contribution in [2.75, 3.05) is 6.61 Å². The second-order valence-corrected chi connectivity index (χ2v) is 7.06. The molecule has 0 aliphatic heterocycles. The molecule has 0 saturated carbocycles. The normalized spacial score (nSPS) is 13.2. The Morgan fingerprint density at radius 3 is 2.20 bits per heavy atom. The van der Waals surface area contributed by atoms with Crippen molar-refractivity contribution in [3.8, 4) is 0 Å². The summed E-state index contributed by atoms with van der Waals surface area (Å²) in [4.78, 5) is 11.8. The van der Waals surface area contributed by atoms with E-state index in [1.807, 2.05) is 0 Å². The van der Waals surface area contributed by atoms with E-state index in [0.29, 0.717) is 6.42 Å². The number of rotatable bonds is 6. The monoisotopic (exact) mass is 300 g/mol. The van der Waals surface area contributed by atoms with Gasteiger partial charge in [-0.2, -0.15) is 0 Å². The molecule has 0 heterocycles. The van der Waals surface area contributed by atoms with Crippen LogP contribution in [-0.2, 0) is 25.8 Å². The molecule has 1 unspecified atom stereocenters. The number of carbonyl (C=O) groups excluding carboxylic acids is 1. The summed E-state index contributed by atoms with van der Waals surface area (Å²) < 4.78 is 29.5. The lowest BCUT2D eigenvalue weighted by Crippen LogP contribution is -2.31. The number of ether oxygens (including phenoxy) is 1. The zero-order valence-electron chi connectivity index (χ0n) is 11.9. The van der Waals surface area contributed by atoms with E-state index in [-0.39, 0.29) is 17.6 Å². The number of esters is 1. The number of hydrogen-bond acceptors (Lipinski definition) is 5. The van der Waals surface area contributed by atoms with Gasteiger partial charge in [-0.15, -0.1) is 0 Å². The minimum atomic E-state index is -3.75. The maximum atomic E-state index is 12.3. The summed E-state index contributed by atoms with van der Waals surface area (Å²) >= 11 is 0. The molecular weight excluding hydrogens is 280 g/mol. The van der Waals surface area contributed by atoms with Gasteiger partial charge < -0.3 is 9.84 Å². The summed E-state index contributed by atoms with van der Waals surface area (Å²) in [5.74, 6) is -0.751. The Morgan fingerprint density at radius 2 is 1.75 bits per heavy atom. The van der Waals surface area contributed by atoms with E-state index in [9.17, 15) is 13.2 Å². The first-order valence-electron chi connectivity index (χ1n) is 6.43. The van der Waals surface area contributed by atoms with Crippen molar-refractivity contribution in [1.29, 1.82) is 0 Å². The van der Waals surface area contributed by atoms with Crippen LogP contribution in [0.4, 0.5) is 0 Å². The Balaban J connectivity index is 2.95. The number of sulfone groups is 1. The van der Waals surface area contributed by atoms with Crippen LogP contribution in [0.5, 0.6) is 0 Å². The summed E-state index contributed by atoms with van der Waals surface area (Å²) in [7, 11) is -3.75. The van der Waals surface area contributed by atoms with Gasteiger partial charge in [0.2, 0.25) is 0 Å². The zero-order chi connectivity index (χ0) is 15.3. The van der Waals surface area contributed by atoms with E-state index in [1.54, 1.807) is 26.0 Å². The molecule has 112 valence electrons. The number of hydrogen-bond donors (Lipinski definition) is 1. The molecule has 0 radical (unpaired) electrons. The predicted molar refractivity (Wildman–Crippen MR) is 75.1 cm³/mol. The highest BCUT2D eigenvalue weighted by Gasteiger charge is 2.31. The summed E-state index contributed by atoms with van der Waals surface area (Å²) in [5.41, 5.74) is 0.837. The first-order valence-corrected chi connectivity index (χ1v) is 7.98. The molecule has 1 aromatic rings. The molecule has 0 spiro atoms. The van der Waals surface area contributed by atoms with Gasteiger partial charge in [0.05, 0.1) is 11.0 Å². The number of benzene rings is 1. The van der Waals surface area contributed by atoms with Crippen LogP contribution in [-0.4, -0.2) is 37.5 Å². The molecular formula is C14H20O5S. The molecule has 5 nitrogen and oxygen atoms in total. The fraction of sp³-hybridized carbons (Fsp3) is 0.500. The van der Waals surface area contributed by atoms with Gasteiger partial charge in [-0.3, -0.25) is 4.79 Å². The quantitative estimate of drug-likeness (QED) is 0.802. The largest absolute Gasteiger partial charge is 0.462 e. The Hall–Kier alpha value is -1.40. The van der Waals surface area contributed by atoms with Crippen LogP contribution in [0.1, 0.15) is 26.3 Å². The average molecular weight is 300 g/mol. The van der Waals surface area contributed by atoms with Crippen LogP contribution < -0.4 is 0 Å². The predicted octanol–water partition coefficient (Wildman–Crippen LogP) is 1.34. The Bertz CT molecular complexity index is 545. The fourth-order valence-electron chi connectivity index (χ4n) is 1.63. The third-order valence-electron chi connectivity index (χ3n) is 2.80. The van der Waals surface area contributed by atoms with E-state index in [1.165, 1.54) is 19.1 Å². The second-order valence-electron chi connectivity index (χ2n) is 4.79. The van der Waals surface area contributed by atoms with Crippen molar-refractivity contribution in [2.45, 2.75) is 43.4 Å². The maximum absolute atomic E-state index is 12.3. The highest BCUT2D eigenvalue weighted by Crippen LogP contribution is 2.18. The number of aliphatic hydroxyl groups excluding tert-OH is 1. The summed E-state index contributed by atoms with van der Waals surface area (Å²) in [5, 5.41) is 7.57. The van der Waals surface area contributed by atoms with Crippen molar-refractivity contribution in [3.63, 3.8) is 0 Å². The number of aliphatic hydroxyl groups is 1. The Morgan fingerprint density at radius 1 is 1.20 bits per heavy atom. The zero-order valence-corrected chi connectivity index (χ0v) is 12.7. The van der Waals surface area contributed by atoms with E-state index < -0.39 is 21.1 Å². The number of carbonyl (C=O) groups is 1. The smallest absolute Gasteiger partial charge is 0.324 e. The van der Waals surface area contributed by atoms with Crippen molar-refractivity contribution in [2.24, 2.45) is 0 Å². The summed E-state index contributed by atoms with van der Waals surface area (Å²) in [6.07, 6.45) is 0.109. The van der Waals surface area contributed by atoms with Gasteiger partial charge in [0.25, 0.3) is 0 Å². The highest BCUT2D eigenvalue weighted by atomic mass is 32.2. The molecule has 0 aliphatic rings. The molecule has 6 heteroatoms. The molecule has 1 rings (SSSR count). The standard InChI is InChI=1S/C14H20O5S/c1-10(2)19-14(16)11(3)20(17,18)13-6-4-12(5-7-13)8-9-15/h4-7,10-11,15H,8-9H2,1-3H3. The third kappa shape index (κ3) is 4.05. The lowest BCUT2D eigenvalue weighted by atomic mass is 10.2. The van der Waals surface area contributed by atoms with E-state index >= 15 is 0 Å². The van der Waals surface area contributed by atoms with Gasteiger partial charge in [0, 0.05) is 6.61 Å². The lowest BCUT2D eigenvalue weighted by molar-refractivity contribution is -0.146. The van der Waals surface area contributed by atoms with Gasteiger partial charge in [-0.1, -0.05) is 12.1 Å². The lowest BCUT2D eigenvalue weighted by Gasteiger charge is -2.14. The average Bonchev–Trinajstić information content (AvgIpc) is 2.38. The molecule has 20 heavy (non-hydrogen) atoms. The van der Waals surface area contributed by atoms with E-state index in [0.717, 1.165) is 5.56 Å². The first kappa shape index (κ1) is 16.7. The van der Waals surface area contributed by atoms with Crippen LogP contribution in [0.25, 0.3) is 0 Å². The molecule has 1 atom stereocenters. The van der Waals surface area contributed by atoms with Crippen LogP contribution in [0.15, 0.2) is 29.2 Å². The van der Waals surface area contributed by atoms with E-state index in [2.05, 4.69) is 0 Å². The fourth-order valence-corrected chi connectivity index (χ4v) is 2.87. The molecule has 0 amide bonds. The SMILES string of the molecule is CC(C)OC(=O)C(C)S(=O)(=O)c1ccc(CCO)cc1. The van der Waals surface area contributed by atoms with E-state index in [4.69, 9.17) is 9.84 Å². The molecule has 1 aromatic carbocycles. The van der Waals surface area contributed by atoms with Crippen LogP contribution in [0, 0.1) is 0 Å². The second kappa shape index (κ2) is 6.85. The van der Waals surface area contributed by atoms with Gasteiger partial charge in [0.15, 0.2) is 15.1 Å². The van der Waals surface area contributed by atoms with Gasteiger partial charge in [-0.05, 0) is 44.9 Å². The molecule has 0 bridgehead atoms. The van der Waals surface area contributed by atoms with Gasteiger partial charge in [0.1, 0.15) is 0 Å². The molecule has 0 fully saturated rings. The molecule has 0 aliphatic carbocycles. The van der Waals surface area contributed by atoms with Crippen molar-refractivity contribution >= 4 is 15.8 Å².